The van der Waals surface area contributed by atoms with E-state index < -0.39 is 0 Å². The molecule has 0 atom stereocenters. The summed E-state index contributed by atoms with van der Waals surface area (Å²) in [5.41, 5.74) is 0. The van der Waals surface area contributed by atoms with Gasteiger partial charge >= 0.3 is 0 Å². The first-order valence-corrected chi connectivity index (χ1v) is 6.38. The number of hydrogen-bond donors (Lipinski definition) is 2. The van der Waals surface area contributed by atoms with Crippen molar-refractivity contribution in [3.63, 3.8) is 0 Å². The van der Waals surface area contributed by atoms with Crippen molar-refractivity contribution in [2.45, 2.75) is 32.6 Å². The number of amides is 1. The second-order valence-electron chi connectivity index (χ2n) is 4.44. The third kappa shape index (κ3) is 4.49. The molecule has 0 unspecified atom stereocenters. The van der Waals surface area contributed by atoms with Crippen molar-refractivity contribution in [3.05, 3.63) is 0 Å². The summed E-state index contributed by atoms with van der Waals surface area (Å²) in [5.74, 6) is 0.437. The summed E-state index contributed by atoms with van der Waals surface area (Å²) >= 11 is 0. The lowest BCUT2D eigenvalue weighted by molar-refractivity contribution is -0.126. The van der Waals surface area contributed by atoms with E-state index in [4.69, 9.17) is 5.11 Å². The number of nitrogens with zero attached hydrogens (tertiary/aromatic N) is 1. The number of likely N-dealkylation sites (tertiary alicyclic amines) is 1. The average Bonchev–Trinajstić information content (AvgIpc) is 2.30. The molecule has 1 heterocycles. The molecule has 0 aromatic carbocycles. The second kappa shape index (κ2) is 7.63. The predicted octanol–water partition coefficient (Wildman–Crippen LogP) is 0.607. The van der Waals surface area contributed by atoms with Crippen LogP contribution in [0.5, 0.6) is 0 Å². The summed E-state index contributed by atoms with van der Waals surface area (Å²) in [6.45, 7) is 6.08. The summed E-state index contributed by atoms with van der Waals surface area (Å²) in [4.78, 5) is 14.0. The number of rotatable bonds is 6. The largest absolute Gasteiger partial charge is 0.396 e. The molecule has 0 saturated carbocycles. The molecule has 4 heteroatoms. The molecule has 1 amide bonds. The molecule has 1 saturated heterocycles. The number of carbonyl (C=O) groups is 1. The predicted molar refractivity (Wildman–Crippen MR) is 64.2 cm³/mol. The van der Waals surface area contributed by atoms with Gasteiger partial charge in [-0.05, 0) is 52.2 Å². The molecular formula is C12H24N2O2. The summed E-state index contributed by atoms with van der Waals surface area (Å²) < 4.78 is 0. The van der Waals surface area contributed by atoms with Crippen LogP contribution in [0.3, 0.4) is 0 Å². The number of hydrogen-bond acceptors (Lipinski definition) is 3. The summed E-state index contributed by atoms with van der Waals surface area (Å²) in [6.07, 6.45) is 3.90. The maximum atomic E-state index is 11.6. The van der Waals surface area contributed by atoms with Crippen LogP contribution in [-0.2, 0) is 4.79 Å². The van der Waals surface area contributed by atoms with Crippen molar-refractivity contribution in [1.82, 2.24) is 10.2 Å². The Kier molecular flexibility index (Phi) is 6.42. The highest BCUT2D eigenvalue weighted by molar-refractivity contribution is 5.78. The molecule has 1 aliphatic heterocycles. The fourth-order valence-electron chi connectivity index (χ4n) is 2.18. The van der Waals surface area contributed by atoms with E-state index in [1.807, 2.05) is 6.92 Å². The molecule has 1 fully saturated rings. The van der Waals surface area contributed by atoms with E-state index in [9.17, 15) is 4.79 Å². The number of carbonyl (C=O) groups excluding carboxylic acids is 1. The zero-order valence-electron chi connectivity index (χ0n) is 10.2. The monoisotopic (exact) mass is 228 g/mol. The molecule has 0 spiro atoms. The van der Waals surface area contributed by atoms with Crippen LogP contribution in [0, 0.1) is 5.92 Å². The SMILES string of the molecule is CCNC(=O)C1CCN(CCCCO)CC1. The Morgan fingerprint density at radius 2 is 2.06 bits per heavy atom. The van der Waals surface area contributed by atoms with Crippen LogP contribution in [0.4, 0.5) is 0 Å². The topological polar surface area (TPSA) is 52.6 Å². The smallest absolute Gasteiger partial charge is 0.223 e. The Balaban J connectivity index is 2.15. The van der Waals surface area contributed by atoms with Crippen molar-refractivity contribution in [2.24, 2.45) is 5.92 Å². The van der Waals surface area contributed by atoms with Crippen molar-refractivity contribution in [1.29, 1.82) is 0 Å². The summed E-state index contributed by atoms with van der Waals surface area (Å²) in [5, 5.41) is 11.6. The third-order valence-corrected chi connectivity index (χ3v) is 3.19. The van der Waals surface area contributed by atoms with Gasteiger partial charge in [0, 0.05) is 19.1 Å². The molecule has 0 aromatic heterocycles. The maximum Gasteiger partial charge on any atom is 0.223 e. The minimum absolute atomic E-state index is 0.217. The Hall–Kier alpha value is -0.610. The van der Waals surface area contributed by atoms with Gasteiger partial charge in [0.25, 0.3) is 0 Å². The number of piperidine rings is 1. The first-order chi connectivity index (χ1) is 7.77. The van der Waals surface area contributed by atoms with Crippen molar-refractivity contribution < 1.29 is 9.90 Å². The van der Waals surface area contributed by atoms with Crippen LogP contribution in [0.25, 0.3) is 0 Å². The van der Waals surface area contributed by atoms with Gasteiger partial charge in [0.15, 0.2) is 0 Å². The van der Waals surface area contributed by atoms with E-state index in [1.165, 1.54) is 0 Å². The van der Waals surface area contributed by atoms with Crippen LogP contribution >= 0.6 is 0 Å². The Labute approximate surface area is 98.0 Å². The fraction of sp³-hybridized carbons (Fsp3) is 0.917. The highest BCUT2D eigenvalue weighted by atomic mass is 16.2. The minimum Gasteiger partial charge on any atom is -0.396 e. The molecule has 16 heavy (non-hydrogen) atoms. The van der Waals surface area contributed by atoms with Gasteiger partial charge in [-0.25, -0.2) is 0 Å². The van der Waals surface area contributed by atoms with Crippen molar-refractivity contribution >= 4 is 5.91 Å². The Morgan fingerprint density at radius 1 is 1.38 bits per heavy atom. The van der Waals surface area contributed by atoms with Crippen LogP contribution in [0.15, 0.2) is 0 Å². The van der Waals surface area contributed by atoms with Crippen molar-refractivity contribution in [2.75, 3.05) is 32.8 Å². The molecule has 1 aliphatic rings. The maximum absolute atomic E-state index is 11.6. The number of unbranched alkanes of at least 4 members (excludes halogenated alkanes) is 1. The molecule has 0 bridgehead atoms. The molecule has 1 rings (SSSR count). The molecular weight excluding hydrogens is 204 g/mol. The minimum atomic E-state index is 0.217. The van der Waals surface area contributed by atoms with Crippen LogP contribution in [-0.4, -0.2) is 48.7 Å². The van der Waals surface area contributed by atoms with Crippen LogP contribution < -0.4 is 5.32 Å². The van der Waals surface area contributed by atoms with Gasteiger partial charge in [-0.2, -0.15) is 0 Å². The molecule has 2 N–H and O–H groups in total. The van der Waals surface area contributed by atoms with E-state index in [2.05, 4.69) is 10.2 Å². The van der Waals surface area contributed by atoms with E-state index in [-0.39, 0.29) is 18.4 Å². The zero-order chi connectivity index (χ0) is 11.8. The van der Waals surface area contributed by atoms with E-state index in [0.29, 0.717) is 0 Å². The molecule has 4 nitrogen and oxygen atoms in total. The van der Waals surface area contributed by atoms with Crippen molar-refractivity contribution in [3.8, 4) is 0 Å². The molecule has 0 aromatic rings. The highest BCUT2D eigenvalue weighted by Gasteiger charge is 2.23. The quantitative estimate of drug-likeness (QED) is 0.655. The molecule has 0 aliphatic carbocycles. The van der Waals surface area contributed by atoms with Gasteiger partial charge in [0.05, 0.1) is 0 Å². The van der Waals surface area contributed by atoms with Gasteiger partial charge in [0.2, 0.25) is 5.91 Å². The first-order valence-electron chi connectivity index (χ1n) is 6.38. The van der Waals surface area contributed by atoms with Gasteiger partial charge in [-0.15, -0.1) is 0 Å². The molecule has 0 radical (unpaired) electrons. The number of aliphatic hydroxyl groups is 1. The summed E-state index contributed by atoms with van der Waals surface area (Å²) in [7, 11) is 0. The highest BCUT2D eigenvalue weighted by Crippen LogP contribution is 2.17. The van der Waals surface area contributed by atoms with Gasteiger partial charge in [0.1, 0.15) is 0 Å². The van der Waals surface area contributed by atoms with E-state index in [1.54, 1.807) is 0 Å². The van der Waals surface area contributed by atoms with E-state index in [0.717, 1.165) is 51.9 Å². The van der Waals surface area contributed by atoms with Crippen LogP contribution in [0.2, 0.25) is 0 Å². The summed E-state index contributed by atoms with van der Waals surface area (Å²) in [6, 6.07) is 0. The zero-order valence-corrected chi connectivity index (χ0v) is 10.2. The fourth-order valence-corrected chi connectivity index (χ4v) is 2.18. The third-order valence-electron chi connectivity index (χ3n) is 3.19. The second-order valence-corrected chi connectivity index (χ2v) is 4.44. The lowest BCUT2D eigenvalue weighted by Crippen LogP contribution is -2.40. The Morgan fingerprint density at radius 3 is 2.62 bits per heavy atom. The van der Waals surface area contributed by atoms with E-state index >= 15 is 0 Å². The lowest BCUT2D eigenvalue weighted by Gasteiger charge is -2.31. The average molecular weight is 228 g/mol. The Bertz CT molecular complexity index is 201. The normalized spacial score (nSPS) is 18.6. The number of aliphatic hydroxyl groups excluding tert-OH is 1. The first kappa shape index (κ1) is 13.5. The van der Waals surface area contributed by atoms with Crippen LogP contribution in [0.1, 0.15) is 32.6 Å². The van der Waals surface area contributed by atoms with Gasteiger partial charge in [-0.3, -0.25) is 4.79 Å². The number of nitrogens with one attached hydrogen (secondary N) is 1. The standard InChI is InChI=1S/C12H24N2O2/c1-2-13-12(16)11-5-8-14(9-6-11)7-3-4-10-15/h11,15H,2-10H2,1H3,(H,13,16). The lowest BCUT2D eigenvalue weighted by atomic mass is 9.96. The van der Waals surface area contributed by atoms with Gasteiger partial charge in [-0.1, -0.05) is 0 Å². The van der Waals surface area contributed by atoms with Gasteiger partial charge < -0.3 is 15.3 Å². The molecule has 94 valence electrons.